The van der Waals surface area contributed by atoms with E-state index in [1.807, 2.05) is 5.38 Å². The van der Waals surface area contributed by atoms with Gasteiger partial charge in [0.05, 0.1) is 29.1 Å². The Kier molecular flexibility index (Phi) is 3.63. The van der Waals surface area contributed by atoms with Crippen molar-refractivity contribution < 1.29 is 9.53 Å². The zero-order chi connectivity index (χ0) is 11.4. The summed E-state index contributed by atoms with van der Waals surface area (Å²) in [6, 6.07) is 0. The first-order chi connectivity index (χ1) is 7.79. The summed E-state index contributed by atoms with van der Waals surface area (Å²) >= 11 is 3.00. The van der Waals surface area contributed by atoms with Gasteiger partial charge in [0.25, 0.3) is 0 Å². The third kappa shape index (κ3) is 2.65. The van der Waals surface area contributed by atoms with Gasteiger partial charge in [-0.15, -0.1) is 22.7 Å². The molecule has 0 unspecified atom stereocenters. The van der Waals surface area contributed by atoms with Gasteiger partial charge in [-0.05, 0) is 6.92 Å². The fraction of sp³-hybridized carbons (Fsp3) is 0.300. The molecule has 2 rings (SSSR count). The van der Waals surface area contributed by atoms with E-state index in [1.54, 1.807) is 18.6 Å². The van der Waals surface area contributed by atoms with Crippen LogP contribution in [-0.2, 0) is 16.0 Å². The van der Waals surface area contributed by atoms with Crippen LogP contribution < -0.4 is 0 Å². The van der Waals surface area contributed by atoms with Crippen LogP contribution >= 0.6 is 22.7 Å². The minimum atomic E-state index is -0.229. The van der Waals surface area contributed by atoms with E-state index in [9.17, 15) is 4.79 Å². The molecule has 0 aliphatic rings. The third-order valence-electron chi connectivity index (χ3n) is 1.84. The zero-order valence-corrected chi connectivity index (χ0v) is 10.3. The van der Waals surface area contributed by atoms with Gasteiger partial charge in [-0.25, -0.2) is 4.98 Å². The lowest BCUT2D eigenvalue weighted by molar-refractivity contribution is -0.142. The summed E-state index contributed by atoms with van der Waals surface area (Å²) in [4.78, 5) is 20.6. The largest absolute Gasteiger partial charge is 0.466 e. The van der Waals surface area contributed by atoms with Crippen molar-refractivity contribution in [2.75, 3.05) is 6.61 Å². The number of carbonyl (C=O) groups is 1. The van der Waals surface area contributed by atoms with E-state index in [-0.39, 0.29) is 12.4 Å². The number of ether oxygens (including phenoxy) is 1. The van der Waals surface area contributed by atoms with Crippen LogP contribution in [0.5, 0.6) is 0 Å². The van der Waals surface area contributed by atoms with Crippen LogP contribution in [-0.4, -0.2) is 22.5 Å². The Balaban J connectivity index is 2.06. The lowest BCUT2D eigenvalue weighted by Crippen LogP contribution is -2.07. The van der Waals surface area contributed by atoms with E-state index < -0.39 is 0 Å². The topological polar surface area (TPSA) is 52.1 Å². The molecule has 2 heterocycles. The molecule has 0 aromatic carbocycles. The Morgan fingerprint density at radius 3 is 3.06 bits per heavy atom. The van der Waals surface area contributed by atoms with E-state index >= 15 is 0 Å². The summed E-state index contributed by atoms with van der Waals surface area (Å²) in [6.07, 6.45) is 2.02. The first kappa shape index (κ1) is 11.2. The van der Waals surface area contributed by atoms with E-state index in [2.05, 4.69) is 9.97 Å². The molecule has 6 heteroatoms. The van der Waals surface area contributed by atoms with Crippen LogP contribution in [0, 0.1) is 0 Å². The lowest BCUT2D eigenvalue weighted by atomic mass is 10.4. The maximum atomic E-state index is 11.2. The van der Waals surface area contributed by atoms with Gasteiger partial charge in [-0.2, -0.15) is 0 Å². The molecule has 0 radical (unpaired) electrons. The molecule has 0 saturated carbocycles. The summed E-state index contributed by atoms with van der Waals surface area (Å²) in [5.41, 5.74) is 2.64. The van der Waals surface area contributed by atoms with Crippen molar-refractivity contribution in [3.8, 4) is 10.6 Å². The summed E-state index contributed by atoms with van der Waals surface area (Å²) in [5, 5.41) is 2.71. The number of nitrogens with zero attached hydrogens (tertiary/aromatic N) is 2. The smallest absolute Gasteiger partial charge is 0.312 e. The Hall–Kier alpha value is -1.27. The number of thiazole rings is 2. The van der Waals surface area contributed by atoms with Gasteiger partial charge in [0, 0.05) is 11.6 Å². The Labute approximate surface area is 101 Å². The first-order valence-corrected chi connectivity index (χ1v) is 6.54. The molecule has 84 valence electrons. The maximum absolute atomic E-state index is 11.2. The molecule has 0 spiro atoms. The van der Waals surface area contributed by atoms with Crippen molar-refractivity contribution in [2.45, 2.75) is 13.3 Å². The monoisotopic (exact) mass is 254 g/mol. The second-order valence-corrected chi connectivity index (χ2v) is 4.80. The van der Waals surface area contributed by atoms with E-state index in [0.29, 0.717) is 6.61 Å². The summed E-state index contributed by atoms with van der Waals surface area (Å²) in [6.45, 7) is 2.20. The van der Waals surface area contributed by atoms with Gasteiger partial charge in [0.1, 0.15) is 5.01 Å². The molecule has 2 aromatic rings. The maximum Gasteiger partial charge on any atom is 0.312 e. The fourth-order valence-electron chi connectivity index (χ4n) is 1.18. The minimum Gasteiger partial charge on any atom is -0.466 e. The van der Waals surface area contributed by atoms with Crippen LogP contribution in [0.3, 0.4) is 0 Å². The number of hydrogen-bond acceptors (Lipinski definition) is 6. The molecule has 2 aromatic heterocycles. The van der Waals surface area contributed by atoms with Crippen molar-refractivity contribution in [3.63, 3.8) is 0 Å². The molecule has 0 N–H and O–H groups in total. The van der Waals surface area contributed by atoms with E-state index in [1.165, 1.54) is 22.7 Å². The van der Waals surface area contributed by atoms with Crippen molar-refractivity contribution in [2.24, 2.45) is 0 Å². The molecular weight excluding hydrogens is 244 g/mol. The number of carbonyl (C=O) groups excluding carboxylic acids is 1. The van der Waals surface area contributed by atoms with Crippen molar-refractivity contribution in [3.05, 3.63) is 22.1 Å². The molecule has 0 bridgehead atoms. The van der Waals surface area contributed by atoms with E-state index in [4.69, 9.17) is 4.74 Å². The molecule has 0 fully saturated rings. The minimum absolute atomic E-state index is 0.229. The molecule has 0 aliphatic carbocycles. The summed E-state index contributed by atoms with van der Waals surface area (Å²) in [5.74, 6) is -0.229. The Morgan fingerprint density at radius 2 is 2.38 bits per heavy atom. The van der Waals surface area contributed by atoms with Crippen molar-refractivity contribution in [1.82, 2.24) is 9.97 Å². The quantitative estimate of drug-likeness (QED) is 0.786. The second-order valence-electron chi connectivity index (χ2n) is 2.97. The van der Waals surface area contributed by atoms with Gasteiger partial charge >= 0.3 is 5.97 Å². The Morgan fingerprint density at radius 1 is 1.50 bits per heavy atom. The van der Waals surface area contributed by atoms with E-state index in [0.717, 1.165) is 15.6 Å². The van der Waals surface area contributed by atoms with Crippen LogP contribution in [0.25, 0.3) is 10.6 Å². The average Bonchev–Trinajstić information content (AvgIpc) is 2.86. The summed E-state index contributed by atoms with van der Waals surface area (Å²) in [7, 11) is 0. The van der Waals surface area contributed by atoms with Crippen LogP contribution in [0.2, 0.25) is 0 Å². The average molecular weight is 254 g/mol. The van der Waals surface area contributed by atoms with Gasteiger partial charge in [0.15, 0.2) is 0 Å². The highest BCUT2D eigenvalue weighted by molar-refractivity contribution is 7.14. The normalized spacial score (nSPS) is 10.3. The lowest BCUT2D eigenvalue weighted by Gasteiger charge is -1.97. The number of aromatic nitrogens is 2. The molecular formula is C10H10N2O2S2. The molecule has 16 heavy (non-hydrogen) atoms. The van der Waals surface area contributed by atoms with Crippen LogP contribution in [0.15, 0.2) is 17.1 Å². The molecule has 0 aliphatic heterocycles. The van der Waals surface area contributed by atoms with Gasteiger partial charge in [-0.3, -0.25) is 9.78 Å². The third-order valence-corrected chi connectivity index (χ3v) is 3.48. The van der Waals surface area contributed by atoms with Crippen LogP contribution in [0.4, 0.5) is 0 Å². The Bertz CT molecular complexity index is 465. The van der Waals surface area contributed by atoms with Crippen molar-refractivity contribution in [1.29, 1.82) is 0 Å². The zero-order valence-electron chi connectivity index (χ0n) is 8.67. The highest BCUT2D eigenvalue weighted by Crippen LogP contribution is 2.25. The second kappa shape index (κ2) is 5.18. The molecule has 0 saturated heterocycles. The highest BCUT2D eigenvalue weighted by atomic mass is 32.1. The number of hydrogen-bond donors (Lipinski definition) is 0. The molecule has 4 nitrogen and oxygen atoms in total. The standard InChI is InChI=1S/C10H10N2O2S2/c1-2-14-10(13)3-9-12-7(5-15-9)8-4-11-6-16-8/h4-6H,2-3H2,1H3. The predicted molar refractivity (Wildman–Crippen MR) is 63.6 cm³/mol. The number of esters is 1. The number of rotatable bonds is 4. The van der Waals surface area contributed by atoms with Crippen molar-refractivity contribution >= 4 is 28.6 Å². The predicted octanol–water partition coefficient (Wildman–Crippen LogP) is 2.37. The first-order valence-electron chi connectivity index (χ1n) is 4.78. The van der Waals surface area contributed by atoms with Gasteiger partial charge in [-0.1, -0.05) is 0 Å². The molecule has 0 amide bonds. The SMILES string of the molecule is CCOC(=O)Cc1nc(-c2cncs2)cs1. The van der Waals surface area contributed by atoms with Crippen LogP contribution in [0.1, 0.15) is 11.9 Å². The van der Waals surface area contributed by atoms with Gasteiger partial charge < -0.3 is 4.74 Å². The fourth-order valence-corrected chi connectivity index (χ4v) is 2.62. The van der Waals surface area contributed by atoms with Gasteiger partial charge in [0.2, 0.25) is 0 Å². The molecule has 0 atom stereocenters. The highest BCUT2D eigenvalue weighted by Gasteiger charge is 2.10. The summed E-state index contributed by atoms with van der Waals surface area (Å²) < 4.78 is 4.86.